The van der Waals surface area contributed by atoms with Crippen LogP contribution in [0.3, 0.4) is 0 Å². The molecule has 0 aromatic rings. The third-order valence-corrected chi connectivity index (χ3v) is 3.03. The molecule has 0 unspecified atom stereocenters. The summed E-state index contributed by atoms with van der Waals surface area (Å²) in [4.78, 5) is 11.6. The number of rotatable bonds is 4. The molecule has 1 atom stereocenters. The van der Waals surface area contributed by atoms with Crippen LogP contribution in [0.5, 0.6) is 0 Å². The molecule has 0 spiro atoms. The van der Waals surface area contributed by atoms with Gasteiger partial charge in [0.15, 0.2) is 0 Å². The van der Waals surface area contributed by atoms with E-state index in [1.807, 2.05) is 20.8 Å². The summed E-state index contributed by atoms with van der Waals surface area (Å²) in [5.74, 6) is 0.641. The zero-order valence-electron chi connectivity index (χ0n) is 11.2. The van der Waals surface area contributed by atoms with Crippen LogP contribution in [-0.2, 0) is 4.74 Å². The van der Waals surface area contributed by atoms with Crippen LogP contribution in [0.25, 0.3) is 0 Å². The molecular weight excluding hydrogens is 218 g/mol. The molecule has 17 heavy (non-hydrogen) atoms. The average Bonchev–Trinajstić information content (AvgIpc) is 2.66. The third-order valence-electron chi connectivity index (χ3n) is 3.03. The first-order valence-electron chi connectivity index (χ1n) is 6.51. The number of hydrogen-bond donors (Lipinski definition) is 2. The van der Waals surface area contributed by atoms with Gasteiger partial charge in [0.25, 0.3) is 0 Å². The van der Waals surface area contributed by atoms with Crippen molar-refractivity contribution in [2.24, 2.45) is 5.92 Å². The molecule has 0 aliphatic heterocycles. The van der Waals surface area contributed by atoms with Crippen LogP contribution in [0.2, 0.25) is 0 Å². The number of hydrogen-bond acceptors (Lipinski definition) is 3. The highest BCUT2D eigenvalue weighted by Crippen LogP contribution is 2.28. The Hall–Kier alpha value is -0.770. The van der Waals surface area contributed by atoms with E-state index in [1.54, 1.807) is 0 Å². The fourth-order valence-corrected chi connectivity index (χ4v) is 2.30. The highest BCUT2D eigenvalue weighted by molar-refractivity contribution is 5.68. The molecule has 0 radical (unpaired) electrons. The van der Waals surface area contributed by atoms with Crippen LogP contribution in [0.1, 0.15) is 52.9 Å². The summed E-state index contributed by atoms with van der Waals surface area (Å²) in [6, 6.07) is -0.173. The lowest BCUT2D eigenvalue weighted by molar-refractivity contribution is 0.0472. The number of carbonyl (C=O) groups is 1. The minimum Gasteiger partial charge on any atom is -0.444 e. The number of aliphatic hydroxyl groups excluding tert-OH is 1. The number of ether oxygens (including phenoxy) is 1. The van der Waals surface area contributed by atoms with Gasteiger partial charge < -0.3 is 15.2 Å². The van der Waals surface area contributed by atoms with Crippen LogP contribution in [0, 0.1) is 5.92 Å². The molecule has 0 aromatic carbocycles. The molecule has 4 nitrogen and oxygen atoms in total. The molecule has 4 heteroatoms. The highest BCUT2D eigenvalue weighted by atomic mass is 16.6. The zero-order valence-corrected chi connectivity index (χ0v) is 11.2. The van der Waals surface area contributed by atoms with Crippen LogP contribution < -0.4 is 5.32 Å². The quantitative estimate of drug-likeness (QED) is 0.797. The molecule has 0 saturated heterocycles. The normalized spacial score (nSPS) is 19.1. The van der Waals surface area contributed by atoms with Crippen LogP contribution >= 0.6 is 0 Å². The Morgan fingerprint density at radius 2 is 2.00 bits per heavy atom. The van der Waals surface area contributed by atoms with Gasteiger partial charge in [0.1, 0.15) is 5.60 Å². The summed E-state index contributed by atoms with van der Waals surface area (Å²) >= 11 is 0. The lowest BCUT2D eigenvalue weighted by Crippen LogP contribution is -2.41. The van der Waals surface area contributed by atoms with Gasteiger partial charge in [0.2, 0.25) is 0 Å². The van der Waals surface area contributed by atoms with Crippen molar-refractivity contribution in [1.29, 1.82) is 0 Å². The molecule has 1 amide bonds. The first-order valence-corrected chi connectivity index (χ1v) is 6.51. The Kier molecular flexibility index (Phi) is 5.25. The van der Waals surface area contributed by atoms with E-state index >= 15 is 0 Å². The molecule has 1 aliphatic carbocycles. The van der Waals surface area contributed by atoms with Crippen LogP contribution in [-0.4, -0.2) is 29.4 Å². The maximum Gasteiger partial charge on any atom is 0.407 e. The Labute approximate surface area is 104 Å². The van der Waals surface area contributed by atoms with Gasteiger partial charge in [0.05, 0.1) is 12.6 Å². The lowest BCUT2D eigenvalue weighted by atomic mass is 9.99. The van der Waals surface area contributed by atoms with Gasteiger partial charge in [-0.05, 0) is 33.1 Å². The van der Waals surface area contributed by atoms with Crippen molar-refractivity contribution in [1.82, 2.24) is 5.32 Å². The highest BCUT2D eigenvalue weighted by Gasteiger charge is 2.23. The zero-order chi connectivity index (χ0) is 12.9. The minimum atomic E-state index is -0.489. The maximum atomic E-state index is 11.6. The Bertz CT molecular complexity index is 242. The molecule has 0 bridgehead atoms. The van der Waals surface area contributed by atoms with Crippen molar-refractivity contribution in [3.05, 3.63) is 0 Å². The fraction of sp³-hybridized carbons (Fsp3) is 0.923. The maximum absolute atomic E-state index is 11.6. The Morgan fingerprint density at radius 3 is 2.47 bits per heavy atom. The van der Waals surface area contributed by atoms with Crippen molar-refractivity contribution in [2.75, 3.05) is 6.61 Å². The van der Waals surface area contributed by atoms with E-state index in [9.17, 15) is 9.90 Å². The fourth-order valence-electron chi connectivity index (χ4n) is 2.30. The predicted molar refractivity (Wildman–Crippen MR) is 66.8 cm³/mol. The van der Waals surface area contributed by atoms with Gasteiger partial charge in [-0.25, -0.2) is 4.79 Å². The summed E-state index contributed by atoms with van der Waals surface area (Å²) in [5.41, 5.74) is -0.489. The van der Waals surface area contributed by atoms with Crippen molar-refractivity contribution in [2.45, 2.75) is 64.5 Å². The van der Waals surface area contributed by atoms with Gasteiger partial charge in [-0.3, -0.25) is 0 Å². The summed E-state index contributed by atoms with van der Waals surface area (Å²) in [6.07, 6.45) is 5.40. The summed E-state index contributed by atoms with van der Waals surface area (Å²) in [5, 5.41) is 12.0. The van der Waals surface area contributed by atoms with Gasteiger partial charge in [-0.2, -0.15) is 0 Å². The molecule has 0 aromatic heterocycles. The monoisotopic (exact) mass is 243 g/mol. The molecule has 1 saturated carbocycles. The van der Waals surface area contributed by atoms with E-state index in [0.717, 1.165) is 6.42 Å². The van der Waals surface area contributed by atoms with Gasteiger partial charge in [-0.1, -0.05) is 25.7 Å². The van der Waals surface area contributed by atoms with Gasteiger partial charge >= 0.3 is 6.09 Å². The lowest BCUT2D eigenvalue weighted by Gasteiger charge is -2.24. The van der Waals surface area contributed by atoms with Crippen molar-refractivity contribution in [3.8, 4) is 0 Å². The van der Waals surface area contributed by atoms with Crippen LogP contribution in [0.4, 0.5) is 4.79 Å². The van der Waals surface area contributed by atoms with Crippen molar-refractivity contribution < 1.29 is 14.6 Å². The standard InChI is InChI=1S/C13H25NO3/c1-13(2,3)17-12(16)14-11(9-15)8-10-6-4-5-7-10/h10-11,15H,4-9H2,1-3H3,(H,14,16)/t11-/m0/s1. The number of aliphatic hydroxyl groups is 1. The molecule has 2 N–H and O–H groups in total. The van der Waals surface area contributed by atoms with E-state index in [2.05, 4.69) is 5.32 Å². The first kappa shape index (κ1) is 14.3. The number of carbonyl (C=O) groups excluding carboxylic acids is 1. The van der Waals surface area contributed by atoms with Crippen molar-refractivity contribution >= 4 is 6.09 Å². The second-order valence-electron chi connectivity index (χ2n) is 5.91. The van der Waals surface area contributed by atoms with Crippen molar-refractivity contribution in [3.63, 3.8) is 0 Å². The predicted octanol–water partition coefficient (Wildman–Crippen LogP) is 2.45. The summed E-state index contributed by atoms with van der Waals surface area (Å²) in [7, 11) is 0. The molecule has 1 fully saturated rings. The second kappa shape index (κ2) is 6.24. The molecule has 1 aliphatic rings. The first-order chi connectivity index (χ1) is 7.90. The largest absolute Gasteiger partial charge is 0.444 e. The average molecular weight is 243 g/mol. The number of amides is 1. The Balaban J connectivity index is 2.32. The van der Waals surface area contributed by atoms with E-state index in [1.165, 1.54) is 25.7 Å². The molecular formula is C13H25NO3. The van der Waals surface area contributed by atoms with E-state index in [4.69, 9.17) is 4.74 Å². The Morgan fingerprint density at radius 1 is 1.41 bits per heavy atom. The molecule has 1 rings (SSSR count). The molecule has 100 valence electrons. The minimum absolute atomic E-state index is 0.0181. The van der Waals surface area contributed by atoms with E-state index in [0.29, 0.717) is 5.92 Å². The summed E-state index contributed by atoms with van der Waals surface area (Å²) in [6.45, 7) is 5.47. The third kappa shape index (κ3) is 5.91. The SMILES string of the molecule is CC(C)(C)OC(=O)N[C@H](CO)CC1CCCC1. The number of alkyl carbamates (subject to hydrolysis) is 1. The summed E-state index contributed by atoms with van der Waals surface area (Å²) < 4.78 is 5.17. The van der Waals surface area contributed by atoms with E-state index < -0.39 is 11.7 Å². The topological polar surface area (TPSA) is 58.6 Å². The van der Waals surface area contributed by atoms with Gasteiger partial charge in [-0.15, -0.1) is 0 Å². The smallest absolute Gasteiger partial charge is 0.407 e. The van der Waals surface area contributed by atoms with Crippen LogP contribution in [0.15, 0.2) is 0 Å². The second-order valence-corrected chi connectivity index (χ2v) is 5.91. The van der Waals surface area contributed by atoms with E-state index in [-0.39, 0.29) is 12.6 Å². The van der Waals surface area contributed by atoms with Gasteiger partial charge in [0, 0.05) is 0 Å². The molecule has 0 heterocycles. The number of nitrogens with one attached hydrogen (secondary N) is 1.